The van der Waals surface area contributed by atoms with Gasteiger partial charge in [-0.1, -0.05) is 18.2 Å². The van der Waals surface area contributed by atoms with Crippen LogP contribution in [0.3, 0.4) is 0 Å². The third kappa shape index (κ3) is 7.60. The van der Waals surface area contributed by atoms with Gasteiger partial charge < -0.3 is 19.9 Å². The summed E-state index contributed by atoms with van der Waals surface area (Å²) in [4.78, 5) is 54.3. The number of H-pyrrole nitrogens is 1. The largest absolute Gasteiger partial charge is 0.378 e. The standard InChI is InChI=1S/C33H40N8O4S/c1-2-5-23(42)9-10-29(43)34-11-4-8-30(44)40-14-12-39(13-15-40)22-24-20-28-31(46-24)33(41-16-18-45-19-17-41)37-32(36-28)25-6-3-7-27-26(25)21-35-38-27/h2-3,5-7,20-21H,4,8-19,22H2,1H3,(H,34,43)(H,35,38). The molecule has 5 heterocycles. The van der Waals surface area contributed by atoms with E-state index in [9.17, 15) is 14.4 Å². The molecule has 1 aromatic carbocycles. The quantitative estimate of drug-likeness (QED) is 0.175. The number of nitrogens with zero attached hydrogens (tertiary/aromatic N) is 6. The molecule has 2 fully saturated rings. The number of rotatable bonds is 12. The van der Waals surface area contributed by atoms with Gasteiger partial charge in [-0.05, 0) is 31.6 Å². The molecule has 2 saturated heterocycles. The molecule has 0 aliphatic carbocycles. The van der Waals surface area contributed by atoms with Crippen LogP contribution in [0.1, 0.15) is 37.5 Å². The zero-order valence-corrected chi connectivity index (χ0v) is 27.0. The number of carbonyl (C=O) groups is 3. The van der Waals surface area contributed by atoms with E-state index in [1.54, 1.807) is 24.3 Å². The number of hydrogen-bond donors (Lipinski definition) is 2. The van der Waals surface area contributed by atoms with Crippen LogP contribution in [0.15, 0.2) is 42.6 Å². The number of anilines is 1. The average Bonchev–Trinajstić information content (AvgIpc) is 3.73. The van der Waals surface area contributed by atoms with Gasteiger partial charge in [0.05, 0.1) is 35.1 Å². The third-order valence-corrected chi connectivity index (χ3v) is 9.49. The van der Waals surface area contributed by atoms with Crippen molar-refractivity contribution >= 4 is 55.9 Å². The number of aromatic amines is 1. The lowest BCUT2D eigenvalue weighted by Gasteiger charge is -2.34. The summed E-state index contributed by atoms with van der Waals surface area (Å²) >= 11 is 1.75. The van der Waals surface area contributed by atoms with E-state index in [4.69, 9.17) is 14.7 Å². The maximum Gasteiger partial charge on any atom is 0.222 e. The van der Waals surface area contributed by atoms with Crippen LogP contribution in [0.2, 0.25) is 0 Å². The summed E-state index contributed by atoms with van der Waals surface area (Å²) in [5.41, 5.74) is 2.85. The third-order valence-electron chi connectivity index (χ3n) is 8.39. The van der Waals surface area contributed by atoms with Gasteiger partial charge in [0.15, 0.2) is 17.4 Å². The number of thiophene rings is 1. The second kappa shape index (κ2) is 14.9. The van der Waals surface area contributed by atoms with Crippen molar-refractivity contribution in [1.29, 1.82) is 0 Å². The lowest BCUT2D eigenvalue weighted by molar-refractivity contribution is -0.133. The summed E-state index contributed by atoms with van der Waals surface area (Å²) in [5.74, 6) is 1.55. The highest BCUT2D eigenvalue weighted by atomic mass is 32.1. The molecule has 2 aliphatic heterocycles. The van der Waals surface area contributed by atoms with Crippen LogP contribution in [-0.2, 0) is 25.7 Å². The van der Waals surface area contributed by atoms with Crippen molar-refractivity contribution in [3.05, 3.63) is 47.5 Å². The fourth-order valence-corrected chi connectivity index (χ4v) is 7.07. The predicted molar refractivity (Wildman–Crippen MR) is 179 cm³/mol. The number of benzene rings is 1. The van der Waals surface area contributed by atoms with Crippen LogP contribution >= 0.6 is 11.3 Å². The minimum atomic E-state index is -0.158. The molecule has 13 heteroatoms. The number of fused-ring (bicyclic) bond motifs is 2. The Labute approximate surface area is 271 Å². The van der Waals surface area contributed by atoms with E-state index < -0.39 is 0 Å². The molecule has 4 aromatic rings. The Morgan fingerprint density at radius 3 is 2.67 bits per heavy atom. The van der Waals surface area contributed by atoms with Crippen molar-refractivity contribution in [3.63, 3.8) is 0 Å². The average molecular weight is 645 g/mol. The molecule has 3 aromatic heterocycles. The molecule has 12 nitrogen and oxygen atoms in total. The van der Waals surface area contributed by atoms with E-state index in [1.165, 1.54) is 11.0 Å². The first-order chi connectivity index (χ1) is 22.5. The predicted octanol–water partition coefficient (Wildman–Crippen LogP) is 3.54. The summed E-state index contributed by atoms with van der Waals surface area (Å²) < 4.78 is 6.72. The number of morpholine rings is 1. The van der Waals surface area contributed by atoms with Crippen molar-refractivity contribution < 1.29 is 19.1 Å². The lowest BCUT2D eigenvalue weighted by Crippen LogP contribution is -2.48. The summed E-state index contributed by atoms with van der Waals surface area (Å²) in [6, 6.07) is 8.23. The van der Waals surface area contributed by atoms with Gasteiger partial charge in [0.25, 0.3) is 0 Å². The van der Waals surface area contributed by atoms with E-state index in [-0.39, 0.29) is 30.4 Å². The first kappa shape index (κ1) is 31.8. The van der Waals surface area contributed by atoms with Crippen molar-refractivity contribution in [1.82, 2.24) is 35.3 Å². The van der Waals surface area contributed by atoms with Crippen LogP contribution in [0, 0.1) is 0 Å². The molecule has 0 unspecified atom stereocenters. The topological polar surface area (TPSA) is 137 Å². The van der Waals surface area contributed by atoms with Gasteiger partial charge in [-0.15, -0.1) is 11.3 Å². The van der Waals surface area contributed by atoms with Crippen molar-refractivity contribution in [3.8, 4) is 11.4 Å². The lowest BCUT2D eigenvalue weighted by atomic mass is 10.1. The van der Waals surface area contributed by atoms with Crippen molar-refractivity contribution in [2.75, 3.05) is 63.9 Å². The molecule has 242 valence electrons. The van der Waals surface area contributed by atoms with Crippen molar-refractivity contribution in [2.24, 2.45) is 0 Å². The second-order valence-corrected chi connectivity index (χ2v) is 12.7. The number of hydrogen-bond acceptors (Lipinski definition) is 10. The summed E-state index contributed by atoms with van der Waals surface area (Å²) in [6.07, 6.45) is 6.33. The van der Waals surface area contributed by atoms with Crippen LogP contribution in [0.5, 0.6) is 0 Å². The van der Waals surface area contributed by atoms with Gasteiger partial charge in [0, 0.05) is 87.4 Å². The highest BCUT2D eigenvalue weighted by molar-refractivity contribution is 7.19. The fourth-order valence-electron chi connectivity index (χ4n) is 5.91. The number of carbonyl (C=O) groups excluding carboxylic acids is 3. The minimum absolute atomic E-state index is 0.0562. The molecule has 0 radical (unpaired) electrons. The minimum Gasteiger partial charge on any atom is -0.378 e. The highest BCUT2D eigenvalue weighted by Gasteiger charge is 2.24. The van der Waals surface area contributed by atoms with Crippen molar-refractivity contribution in [2.45, 2.75) is 39.2 Å². The number of nitrogens with one attached hydrogen (secondary N) is 2. The van der Waals surface area contributed by atoms with Gasteiger partial charge in [-0.2, -0.15) is 5.10 Å². The molecule has 0 bridgehead atoms. The highest BCUT2D eigenvalue weighted by Crippen LogP contribution is 2.36. The SMILES string of the molecule is CC=CC(=O)CCC(=O)NCCCC(=O)N1CCN(Cc2cc3nc(-c4cccc5[nH]ncc45)nc(N4CCOCC4)c3s2)CC1. The fraction of sp³-hybridized carbons (Fsp3) is 0.455. The van der Waals surface area contributed by atoms with E-state index in [2.05, 4.69) is 31.4 Å². The van der Waals surface area contributed by atoms with Gasteiger partial charge in [0.2, 0.25) is 11.8 Å². The van der Waals surface area contributed by atoms with Gasteiger partial charge in [-0.3, -0.25) is 24.4 Å². The van der Waals surface area contributed by atoms with E-state index in [1.807, 2.05) is 29.3 Å². The van der Waals surface area contributed by atoms with E-state index >= 15 is 0 Å². The molecule has 6 rings (SSSR count). The van der Waals surface area contributed by atoms with E-state index in [0.29, 0.717) is 51.5 Å². The Hall–Kier alpha value is -4.20. The number of ketones is 1. The molecule has 46 heavy (non-hydrogen) atoms. The maximum absolute atomic E-state index is 12.8. The van der Waals surface area contributed by atoms with Gasteiger partial charge >= 0.3 is 0 Å². The Morgan fingerprint density at radius 1 is 1.04 bits per heavy atom. The number of piperazine rings is 1. The first-order valence-electron chi connectivity index (χ1n) is 16.0. The number of aromatic nitrogens is 4. The summed E-state index contributed by atoms with van der Waals surface area (Å²) in [5, 5.41) is 11.1. The molecule has 0 spiro atoms. The van der Waals surface area contributed by atoms with Crippen LogP contribution in [0.25, 0.3) is 32.5 Å². The number of amides is 2. The first-order valence-corrected chi connectivity index (χ1v) is 16.8. The molecule has 0 atom stereocenters. The van der Waals surface area contributed by atoms with Gasteiger partial charge in [-0.25, -0.2) is 9.97 Å². The Balaban J connectivity index is 1.05. The molecular weight excluding hydrogens is 604 g/mol. The molecule has 2 N–H and O–H groups in total. The van der Waals surface area contributed by atoms with Gasteiger partial charge in [0.1, 0.15) is 0 Å². The zero-order valence-electron chi connectivity index (χ0n) is 26.2. The normalized spacial score (nSPS) is 16.1. The summed E-state index contributed by atoms with van der Waals surface area (Å²) in [6.45, 7) is 8.88. The summed E-state index contributed by atoms with van der Waals surface area (Å²) in [7, 11) is 0. The smallest absolute Gasteiger partial charge is 0.222 e. The Kier molecular flexibility index (Phi) is 10.3. The monoisotopic (exact) mass is 644 g/mol. The zero-order chi connectivity index (χ0) is 31.9. The molecular formula is C33H40N8O4S. The van der Waals surface area contributed by atoms with E-state index in [0.717, 1.165) is 65.2 Å². The van der Waals surface area contributed by atoms with Crippen LogP contribution in [0.4, 0.5) is 5.82 Å². The number of ether oxygens (including phenoxy) is 1. The van der Waals surface area contributed by atoms with Crippen LogP contribution < -0.4 is 10.2 Å². The maximum atomic E-state index is 12.8. The molecule has 0 saturated carbocycles. The van der Waals surface area contributed by atoms with Crippen LogP contribution in [-0.4, -0.2) is 107 Å². The molecule has 2 amide bonds. The Bertz CT molecular complexity index is 1720. The molecule has 2 aliphatic rings. The second-order valence-electron chi connectivity index (χ2n) is 11.6. The number of allylic oxidation sites excluding steroid dienone is 2. The Morgan fingerprint density at radius 2 is 1.87 bits per heavy atom.